The smallest absolute Gasteiger partial charge is 0.156 e. The summed E-state index contributed by atoms with van der Waals surface area (Å²) in [5.74, 6) is 0. The van der Waals surface area contributed by atoms with E-state index in [2.05, 4.69) is 91.0 Å². The molecule has 2 nitrogen and oxygen atoms in total. The van der Waals surface area contributed by atoms with E-state index in [0.717, 1.165) is 12.8 Å². The lowest BCUT2D eigenvalue weighted by molar-refractivity contribution is -0.740. The molecule has 0 amide bonds. The van der Waals surface area contributed by atoms with Gasteiger partial charge < -0.3 is 0 Å². The number of hydrogen-bond acceptors (Lipinski definition) is 0. The van der Waals surface area contributed by atoms with E-state index in [9.17, 15) is 0 Å². The summed E-state index contributed by atoms with van der Waals surface area (Å²) < 4.78 is 4.53. The largest absolute Gasteiger partial charge is 0.242 e. The highest BCUT2D eigenvalue weighted by Gasteiger charge is 2.27. The van der Waals surface area contributed by atoms with Crippen molar-refractivity contribution in [1.82, 2.24) is 4.68 Å². The molecule has 2 aromatic carbocycles. The molecule has 0 aliphatic rings. The maximum absolute atomic E-state index is 2.27. The van der Waals surface area contributed by atoms with Gasteiger partial charge in [-0.05, 0) is 18.6 Å². The van der Waals surface area contributed by atoms with Crippen LogP contribution in [0.2, 0.25) is 0 Å². The SMILES string of the molecule is CCCc1c(-c2ccccc2)n(C)[n+](C)c1-c1ccccc1. The van der Waals surface area contributed by atoms with Gasteiger partial charge in [-0.2, -0.15) is 4.68 Å². The Labute approximate surface area is 132 Å². The molecule has 0 saturated carbocycles. The van der Waals surface area contributed by atoms with Crippen LogP contribution in [0.3, 0.4) is 0 Å². The van der Waals surface area contributed by atoms with E-state index in [0.29, 0.717) is 0 Å². The van der Waals surface area contributed by atoms with Crippen molar-refractivity contribution >= 4 is 0 Å². The Morgan fingerprint density at radius 1 is 0.864 bits per heavy atom. The van der Waals surface area contributed by atoms with Gasteiger partial charge in [0.05, 0.1) is 12.6 Å². The van der Waals surface area contributed by atoms with E-state index < -0.39 is 0 Å². The van der Waals surface area contributed by atoms with Gasteiger partial charge in [-0.1, -0.05) is 61.9 Å². The summed E-state index contributed by atoms with van der Waals surface area (Å²) in [5, 5.41) is 0. The second kappa shape index (κ2) is 6.18. The molecular weight excluding hydrogens is 268 g/mol. The van der Waals surface area contributed by atoms with Crippen molar-refractivity contribution in [3.8, 4) is 22.5 Å². The standard InChI is InChI=1S/C20H23N2/c1-4-11-18-19(16-12-7-5-8-13-16)21(2)22(3)20(18)17-14-9-6-10-15-17/h5-10,12-15H,4,11H2,1-3H3/q+1. The Kier molecular flexibility index (Phi) is 4.10. The average molecular weight is 291 g/mol. The van der Waals surface area contributed by atoms with E-state index in [-0.39, 0.29) is 0 Å². The van der Waals surface area contributed by atoms with Gasteiger partial charge in [0.1, 0.15) is 5.69 Å². The lowest BCUT2D eigenvalue weighted by Crippen LogP contribution is -2.39. The molecule has 0 N–H and O–H groups in total. The van der Waals surface area contributed by atoms with Crippen molar-refractivity contribution in [2.75, 3.05) is 0 Å². The van der Waals surface area contributed by atoms with Crippen molar-refractivity contribution in [3.05, 3.63) is 66.2 Å². The highest BCUT2D eigenvalue weighted by molar-refractivity contribution is 5.72. The zero-order valence-corrected chi connectivity index (χ0v) is 13.6. The first-order chi connectivity index (χ1) is 10.7. The Morgan fingerprint density at radius 2 is 1.41 bits per heavy atom. The van der Waals surface area contributed by atoms with Crippen molar-refractivity contribution in [2.24, 2.45) is 14.1 Å². The molecule has 0 atom stereocenters. The Balaban J connectivity index is 2.28. The minimum atomic E-state index is 1.09. The molecule has 0 unspecified atom stereocenters. The highest BCUT2D eigenvalue weighted by atomic mass is 15.4. The molecule has 3 rings (SSSR count). The molecule has 0 aliphatic carbocycles. The number of aromatic nitrogens is 2. The first-order valence-electron chi connectivity index (χ1n) is 7.92. The number of nitrogens with zero attached hydrogens (tertiary/aromatic N) is 2. The summed E-state index contributed by atoms with van der Waals surface area (Å²) in [4.78, 5) is 0. The summed E-state index contributed by atoms with van der Waals surface area (Å²) >= 11 is 0. The lowest BCUT2D eigenvalue weighted by atomic mass is 9.98. The lowest BCUT2D eigenvalue weighted by Gasteiger charge is -2.03. The molecule has 0 aliphatic heterocycles. The predicted molar refractivity (Wildman–Crippen MR) is 91.5 cm³/mol. The third-order valence-electron chi connectivity index (χ3n) is 4.26. The molecule has 22 heavy (non-hydrogen) atoms. The van der Waals surface area contributed by atoms with Crippen LogP contribution in [-0.4, -0.2) is 4.68 Å². The minimum Gasteiger partial charge on any atom is -0.156 e. The molecule has 1 heterocycles. The summed E-state index contributed by atoms with van der Waals surface area (Å²) in [7, 11) is 4.29. The summed E-state index contributed by atoms with van der Waals surface area (Å²) in [6.45, 7) is 2.25. The quantitative estimate of drug-likeness (QED) is 0.639. The molecule has 112 valence electrons. The number of benzene rings is 2. The first kappa shape index (κ1) is 14.6. The predicted octanol–water partition coefficient (Wildman–Crippen LogP) is 4.14. The molecule has 0 radical (unpaired) electrons. The topological polar surface area (TPSA) is 8.81 Å². The van der Waals surface area contributed by atoms with Gasteiger partial charge >= 0.3 is 0 Å². The minimum absolute atomic E-state index is 1.09. The molecule has 1 aromatic heterocycles. The molecule has 2 heteroatoms. The van der Waals surface area contributed by atoms with E-state index >= 15 is 0 Å². The van der Waals surface area contributed by atoms with Crippen LogP contribution in [-0.2, 0) is 20.5 Å². The van der Waals surface area contributed by atoms with Gasteiger partial charge in [-0.15, -0.1) is 4.68 Å². The zero-order chi connectivity index (χ0) is 15.5. The van der Waals surface area contributed by atoms with Gasteiger partial charge in [0.2, 0.25) is 5.69 Å². The summed E-state index contributed by atoms with van der Waals surface area (Å²) in [5.41, 5.74) is 6.65. The molecule has 0 bridgehead atoms. The third-order valence-corrected chi connectivity index (χ3v) is 4.26. The molecule has 0 fully saturated rings. The summed E-state index contributed by atoms with van der Waals surface area (Å²) in [6.07, 6.45) is 2.23. The fourth-order valence-corrected chi connectivity index (χ4v) is 3.20. The van der Waals surface area contributed by atoms with Crippen molar-refractivity contribution in [3.63, 3.8) is 0 Å². The maximum atomic E-state index is 2.27. The average Bonchev–Trinajstić information content (AvgIpc) is 2.81. The van der Waals surface area contributed by atoms with Crippen LogP contribution in [0.5, 0.6) is 0 Å². The van der Waals surface area contributed by atoms with Crippen LogP contribution < -0.4 is 4.68 Å². The van der Waals surface area contributed by atoms with Crippen LogP contribution in [0.1, 0.15) is 18.9 Å². The fraction of sp³-hybridized carbons (Fsp3) is 0.250. The van der Waals surface area contributed by atoms with E-state index in [1.165, 1.54) is 28.1 Å². The van der Waals surface area contributed by atoms with Gasteiger partial charge in [-0.25, -0.2) is 0 Å². The van der Waals surface area contributed by atoms with Crippen LogP contribution in [0.4, 0.5) is 0 Å². The maximum Gasteiger partial charge on any atom is 0.242 e. The Morgan fingerprint density at radius 3 is 1.95 bits per heavy atom. The number of rotatable bonds is 4. The number of hydrogen-bond donors (Lipinski definition) is 0. The second-order valence-electron chi connectivity index (χ2n) is 5.71. The molecule has 0 spiro atoms. The van der Waals surface area contributed by atoms with Gasteiger partial charge in [0.25, 0.3) is 0 Å². The highest BCUT2D eigenvalue weighted by Crippen LogP contribution is 2.31. The molecule has 0 saturated heterocycles. The Hall–Kier alpha value is -2.35. The third kappa shape index (κ3) is 2.45. The van der Waals surface area contributed by atoms with Gasteiger partial charge in [0, 0.05) is 11.1 Å². The van der Waals surface area contributed by atoms with Crippen molar-refractivity contribution in [1.29, 1.82) is 0 Å². The fourth-order valence-electron chi connectivity index (χ4n) is 3.20. The monoisotopic (exact) mass is 291 g/mol. The van der Waals surface area contributed by atoms with E-state index in [1.807, 2.05) is 0 Å². The van der Waals surface area contributed by atoms with Crippen molar-refractivity contribution in [2.45, 2.75) is 19.8 Å². The first-order valence-corrected chi connectivity index (χ1v) is 7.92. The zero-order valence-electron chi connectivity index (χ0n) is 13.6. The van der Waals surface area contributed by atoms with Crippen molar-refractivity contribution < 1.29 is 4.68 Å². The van der Waals surface area contributed by atoms with Gasteiger partial charge in [-0.3, -0.25) is 0 Å². The summed E-state index contributed by atoms with van der Waals surface area (Å²) in [6, 6.07) is 21.4. The van der Waals surface area contributed by atoms with Gasteiger partial charge in [0.15, 0.2) is 7.05 Å². The molecular formula is C20H23N2+. The second-order valence-corrected chi connectivity index (χ2v) is 5.71. The van der Waals surface area contributed by atoms with Crippen LogP contribution in [0, 0.1) is 0 Å². The van der Waals surface area contributed by atoms with Crippen LogP contribution >= 0.6 is 0 Å². The normalized spacial score (nSPS) is 10.9. The Bertz CT molecular complexity index is 692. The van der Waals surface area contributed by atoms with E-state index in [4.69, 9.17) is 0 Å². The molecule has 3 aromatic rings. The van der Waals surface area contributed by atoms with Crippen LogP contribution in [0.15, 0.2) is 60.7 Å². The van der Waals surface area contributed by atoms with Crippen LogP contribution in [0.25, 0.3) is 22.5 Å². The van der Waals surface area contributed by atoms with E-state index in [1.54, 1.807) is 0 Å².